The average Bonchev–Trinajstić information content (AvgIpc) is 3.91. The molecule has 0 saturated carbocycles. The van der Waals surface area contributed by atoms with Gasteiger partial charge in [-0.2, -0.15) is 10.2 Å². The van der Waals surface area contributed by atoms with E-state index in [2.05, 4.69) is 41.0 Å². The molecule has 0 aliphatic heterocycles. The lowest BCUT2D eigenvalue weighted by molar-refractivity contribution is -0.383. The van der Waals surface area contributed by atoms with Gasteiger partial charge in [-0.1, -0.05) is 54.6 Å². The van der Waals surface area contributed by atoms with Crippen LogP contribution < -0.4 is 31.6 Å². The van der Waals surface area contributed by atoms with Crippen molar-refractivity contribution in [1.29, 1.82) is 0 Å². The van der Waals surface area contributed by atoms with Gasteiger partial charge in [0.1, 0.15) is 35.2 Å². The minimum Gasteiger partial charge on any atom is -0.493 e. The fraction of sp³-hybridized carbons (Fsp3) is 0.149. The number of aromatic amines is 2. The van der Waals surface area contributed by atoms with Gasteiger partial charge in [0.2, 0.25) is 0 Å². The number of benzene rings is 5. The molecule has 0 aliphatic carbocycles. The number of fused-ring (bicyclic) bond motifs is 2. The lowest BCUT2D eigenvalue weighted by atomic mass is 10.1. The number of amidine groups is 2. The van der Waals surface area contributed by atoms with Crippen molar-refractivity contribution in [2.45, 2.75) is 41.2 Å². The maximum atomic E-state index is 12.9. The van der Waals surface area contributed by atoms with Gasteiger partial charge >= 0.3 is 0 Å². The molecule has 5 aromatic carbocycles. The van der Waals surface area contributed by atoms with Crippen molar-refractivity contribution in [2.24, 2.45) is 31.9 Å². The summed E-state index contributed by atoms with van der Waals surface area (Å²) in [5, 5.41) is 34.2. The fourth-order valence-corrected chi connectivity index (χ4v) is 6.32. The maximum absolute atomic E-state index is 12.9. The van der Waals surface area contributed by atoms with E-state index in [0.717, 1.165) is 38.9 Å². The van der Waals surface area contributed by atoms with E-state index in [-0.39, 0.29) is 17.3 Å². The molecule has 2 heterocycles. The maximum Gasteiger partial charge on any atom is 0.293 e. The molecule has 0 unspecified atom stereocenters. The number of nitrogens with one attached hydrogen (secondary N) is 4. The van der Waals surface area contributed by atoms with Crippen LogP contribution in [0, 0.1) is 17.0 Å². The van der Waals surface area contributed by atoms with E-state index in [0.29, 0.717) is 63.5 Å². The number of hydrogen-bond acceptors (Lipinski definition) is 10. The smallest absolute Gasteiger partial charge is 0.293 e. The Morgan fingerprint density at radius 2 is 1.20 bits per heavy atom. The molecule has 0 aliphatic rings. The number of ether oxygens (including phenoxy) is 2. The van der Waals surface area contributed by atoms with Crippen molar-refractivity contribution < 1.29 is 24.0 Å². The third-order valence-electron chi connectivity index (χ3n) is 9.52. The largest absolute Gasteiger partial charge is 0.493 e. The zero-order valence-corrected chi connectivity index (χ0v) is 36.0. The quantitative estimate of drug-likeness (QED) is 0.0282. The number of hydrogen-bond donors (Lipinski definition) is 6. The van der Waals surface area contributed by atoms with Crippen LogP contribution in [0.1, 0.15) is 70.9 Å². The molecule has 7 rings (SSSR count). The molecule has 326 valence electrons. The average molecular weight is 862 g/mol. The summed E-state index contributed by atoms with van der Waals surface area (Å²) in [5.74, 6) is 1.30. The van der Waals surface area contributed by atoms with E-state index in [4.69, 9.17) is 20.9 Å². The van der Waals surface area contributed by atoms with Gasteiger partial charge in [-0.25, -0.2) is 0 Å². The minimum absolute atomic E-state index is 0.0615. The molecule has 2 amide bonds. The number of rotatable bonds is 13. The third kappa shape index (κ3) is 11.6. The Kier molecular flexibility index (Phi) is 14.3. The molecular weight excluding hydrogens is 815 g/mol. The van der Waals surface area contributed by atoms with Gasteiger partial charge in [0, 0.05) is 39.8 Å². The number of non-ortho nitro benzene ring substituents is 1. The first-order chi connectivity index (χ1) is 30.7. The predicted molar refractivity (Wildman–Crippen MR) is 253 cm³/mol. The molecule has 17 nitrogen and oxygen atoms in total. The standard InChI is InChI=1S/C27H27N5O3.C20H20N6O3/c1-17(31-32-18(2)28)20-9-11-22(12-10-20)29-27(33)24-13-21-14-25(34-3)26(15-23(21)30-24)35-16-19-7-5-4-6-8-19;1-11-8-15-10-17(23-19(15)18(9-11)26(28)29)20(27)22-16-6-4-14(5-7-16)12(2)24-25-13(3)21/h4-15,30H,16H2,1-3H3,(H2,28,32)(H,29,33);4-10,23H,1-3H3,(H2,21,25)(H,22,27)/b31-17-;24-12-. The summed E-state index contributed by atoms with van der Waals surface area (Å²) < 4.78 is 11.5. The summed E-state index contributed by atoms with van der Waals surface area (Å²) in [5.41, 5.74) is 18.9. The van der Waals surface area contributed by atoms with Crippen molar-refractivity contribution in [2.75, 3.05) is 17.7 Å². The zero-order valence-electron chi connectivity index (χ0n) is 36.0. The number of amides is 2. The number of carbonyl (C=O) groups excluding carboxylic acids is 2. The van der Waals surface area contributed by atoms with E-state index < -0.39 is 10.8 Å². The second-order valence-electron chi connectivity index (χ2n) is 14.7. The third-order valence-corrected chi connectivity index (χ3v) is 9.52. The number of nitrogens with two attached hydrogens (primary N) is 2. The lowest BCUT2D eigenvalue weighted by Gasteiger charge is -2.11. The lowest BCUT2D eigenvalue weighted by Crippen LogP contribution is -2.12. The molecule has 0 spiro atoms. The first-order valence-electron chi connectivity index (χ1n) is 19.8. The van der Waals surface area contributed by atoms with Crippen LogP contribution in [0.3, 0.4) is 0 Å². The first kappa shape index (κ1) is 44.9. The summed E-state index contributed by atoms with van der Waals surface area (Å²) >= 11 is 0. The summed E-state index contributed by atoms with van der Waals surface area (Å²) in [6.07, 6.45) is 0. The van der Waals surface area contributed by atoms with Crippen LogP contribution >= 0.6 is 0 Å². The molecular formula is C47H47N11O6. The summed E-state index contributed by atoms with van der Waals surface area (Å²) in [4.78, 5) is 42.3. The number of nitro benzene ring substituents is 1. The van der Waals surface area contributed by atoms with Crippen molar-refractivity contribution in [3.05, 3.63) is 159 Å². The number of anilines is 2. The number of aromatic nitrogens is 2. The van der Waals surface area contributed by atoms with Crippen LogP contribution in [-0.2, 0) is 6.61 Å². The van der Waals surface area contributed by atoms with Gasteiger partial charge in [0.15, 0.2) is 11.5 Å². The molecule has 64 heavy (non-hydrogen) atoms. The van der Waals surface area contributed by atoms with E-state index in [1.54, 1.807) is 77.3 Å². The Hall–Kier alpha value is -8.60. The Bertz CT molecular complexity index is 2940. The number of carbonyl (C=O) groups is 2. The highest BCUT2D eigenvalue weighted by Gasteiger charge is 2.19. The van der Waals surface area contributed by atoms with Crippen LogP contribution in [0.5, 0.6) is 11.5 Å². The Morgan fingerprint density at radius 1 is 0.672 bits per heavy atom. The van der Waals surface area contributed by atoms with Crippen LogP contribution in [0.4, 0.5) is 17.1 Å². The van der Waals surface area contributed by atoms with Gasteiger partial charge in [-0.3, -0.25) is 19.7 Å². The van der Waals surface area contributed by atoms with Crippen LogP contribution in [0.2, 0.25) is 0 Å². The topological polar surface area (TPSA) is 253 Å². The van der Waals surface area contributed by atoms with Crippen LogP contribution in [0.25, 0.3) is 21.8 Å². The highest BCUT2D eigenvalue weighted by Crippen LogP contribution is 2.34. The number of methoxy groups -OCH3 is 1. The zero-order chi connectivity index (χ0) is 45.9. The monoisotopic (exact) mass is 861 g/mol. The molecule has 7 aromatic rings. The molecule has 0 atom stereocenters. The fourth-order valence-electron chi connectivity index (χ4n) is 6.32. The predicted octanol–water partition coefficient (Wildman–Crippen LogP) is 8.85. The number of nitro groups is 1. The summed E-state index contributed by atoms with van der Waals surface area (Å²) in [6, 6.07) is 34.7. The van der Waals surface area contributed by atoms with Gasteiger partial charge < -0.3 is 41.5 Å². The first-order valence-corrected chi connectivity index (χ1v) is 19.8. The van der Waals surface area contributed by atoms with E-state index in [9.17, 15) is 19.7 Å². The van der Waals surface area contributed by atoms with E-state index >= 15 is 0 Å². The highest BCUT2D eigenvalue weighted by atomic mass is 16.6. The van der Waals surface area contributed by atoms with Crippen molar-refractivity contribution in [1.82, 2.24) is 9.97 Å². The van der Waals surface area contributed by atoms with Crippen molar-refractivity contribution in [3.63, 3.8) is 0 Å². The summed E-state index contributed by atoms with van der Waals surface area (Å²) in [7, 11) is 1.59. The van der Waals surface area contributed by atoms with E-state index in [1.165, 1.54) is 6.07 Å². The molecule has 17 heteroatoms. The van der Waals surface area contributed by atoms with Gasteiger partial charge in [-0.05, 0) is 105 Å². The summed E-state index contributed by atoms with van der Waals surface area (Å²) in [6.45, 7) is 9.15. The second-order valence-corrected chi connectivity index (χ2v) is 14.7. The van der Waals surface area contributed by atoms with Gasteiger partial charge in [0.05, 0.1) is 23.5 Å². The molecule has 0 saturated heterocycles. The minimum atomic E-state index is -0.466. The molecule has 8 N–H and O–H groups in total. The van der Waals surface area contributed by atoms with Crippen molar-refractivity contribution >= 4 is 73.8 Å². The second kappa shape index (κ2) is 20.3. The SMILES string of the molecule is CC(N)=N/N=C(/C)c1ccc(NC(=O)c2cc3cc(C)cc([N+](=O)[O-])c3[nH]2)cc1.COc1cc2cc(C(=O)Nc3ccc(/C(C)=N\N=C(C)N)cc3)[nH]c2cc1OCc1ccccc1. The number of nitrogens with zero attached hydrogens (tertiary/aromatic N) is 5. The van der Waals surface area contributed by atoms with Crippen LogP contribution in [-0.4, -0.2) is 56.9 Å². The van der Waals surface area contributed by atoms with Crippen LogP contribution in [0.15, 0.2) is 136 Å². The van der Waals surface area contributed by atoms with E-state index in [1.807, 2.05) is 73.7 Å². The molecule has 0 bridgehead atoms. The normalized spacial score (nSPS) is 12.1. The Balaban J connectivity index is 0.000000216. The highest BCUT2D eigenvalue weighted by molar-refractivity contribution is 6.08. The Labute approximate surface area is 368 Å². The molecule has 0 fully saturated rings. The molecule has 2 aromatic heterocycles. The number of H-pyrrole nitrogens is 2. The van der Waals surface area contributed by atoms with Crippen molar-refractivity contribution in [3.8, 4) is 11.5 Å². The van der Waals surface area contributed by atoms with Gasteiger partial charge in [0.25, 0.3) is 17.5 Å². The molecule has 0 radical (unpaired) electrons. The van der Waals surface area contributed by atoms with Gasteiger partial charge in [-0.15, -0.1) is 10.2 Å². The Morgan fingerprint density at radius 3 is 1.72 bits per heavy atom. The number of aryl methyl sites for hydroxylation is 1.